The zero-order valence-corrected chi connectivity index (χ0v) is 10.7. The summed E-state index contributed by atoms with van der Waals surface area (Å²) in [6.45, 7) is 4.08. The Kier molecular flexibility index (Phi) is 3.61. The van der Waals surface area contributed by atoms with Crippen LogP contribution >= 0.6 is 23.5 Å². The van der Waals surface area contributed by atoms with Gasteiger partial charge >= 0.3 is 0 Å². The molecule has 1 N–H and O–H groups in total. The van der Waals surface area contributed by atoms with E-state index in [-0.39, 0.29) is 11.9 Å². The van der Waals surface area contributed by atoms with E-state index in [0.717, 1.165) is 17.3 Å². The third kappa shape index (κ3) is 2.50. The standard InChI is InChI=1S/C10H16N2OS2/c1-6(2)8-10(13)12-9(11-8)7-5-14-3-4-15-7/h6-8H,3-5H2,1-2H3,(H,11,12,13). The minimum atomic E-state index is -0.160. The maximum Gasteiger partial charge on any atom is 0.250 e. The molecular formula is C10H16N2OS2. The molecule has 0 aromatic heterocycles. The Hall–Kier alpha value is -0.160. The number of nitrogens with one attached hydrogen (secondary N) is 1. The Labute approximate surface area is 98.9 Å². The molecule has 1 saturated heterocycles. The molecule has 0 aromatic carbocycles. The summed E-state index contributed by atoms with van der Waals surface area (Å²) < 4.78 is 0. The van der Waals surface area contributed by atoms with Crippen LogP contribution < -0.4 is 5.32 Å². The van der Waals surface area contributed by atoms with Crippen LogP contribution in [0.15, 0.2) is 4.99 Å². The number of nitrogens with zero attached hydrogens (tertiary/aromatic N) is 1. The normalized spacial score (nSPS) is 31.7. The molecule has 0 spiro atoms. The van der Waals surface area contributed by atoms with Crippen LogP contribution in [-0.2, 0) is 4.79 Å². The van der Waals surface area contributed by atoms with Gasteiger partial charge in [-0.05, 0) is 5.92 Å². The summed E-state index contributed by atoms with van der Waals surface area (Å²) in [4.78, 5) is 16.1. The fraction of sp³-hybridized carbons (Fsp3) is 0.800. The van der Waals surface area contributed by atoms with E-state index in [9.17, 15) is 4.79 Å². The second-order valence-electron chi connectivity index (χ2n) is 4.13. The summed E-state index contributed by atoms with van der Waals surface area (Å²) in [5.74, 6) is 4.75. The van der Waals surface area contributed by atoms with Crippen LogP contribution in [0.25, 0.3) is 0 Å². The van der Waals surface area contributed by atoms with Crippen LogP contribution in [0.1, 0.15) is 13.8 Å². The average Bonchev–Trinajstić information content (AvgIpc) is 2.62. The van der Waals surface area contributed by atoms with E-state index in [2.05, 4.69) is 10.3 Å². The number of thioether (sulfide) groups is 2. The molecule has 1 fully saturated rings. The number of aliphatic imine (C=N–C) groups is 1. The molecule has 5 heteroatoms. The van der Waals surface area contributed by atoms with E-state index < -0.39 is 0 Å². The zero-order valence-electron chi connectivity index (χ0n) is 9.03. The van der Waals surface area contributed by atoms with E-state index in [0.29, 0.717) is 11.2 Å². The Morgan fingerprint density at radius 2 is 2.27 bits per heavy atom. The minimum Gasteiger partial charge on any atom is -0.312 e. The van der Waals surface area contributed by atoms with Gasteiger partial charge in [0, 0.05) is 17.3 Å². The van der Waals surface area contributed by atoms with Crippen LogP contribution in [-0.4, -0.2) is 40.3 Å². The summed E-state index contributed by atoms with van der Waals surface area (Å²) >= 11 is 3.86. The lowest BCUT2D eigenvalue weighted by Gasteiger charge is -2.20. The van der Waals surface area contributed by atoms with Gasteiger partial charge < -0.3 is 5.32 Å². The van der Waals surface area contributed by atoms with Crippen LogP contribution in [0, 0.1) is 5.92 Å². The zero-order chi connectivity index (χ0) is 10.8. The third-order valence-corrected chi connectivity index (χ3v) is 5.31. The summed E-state index contributed by atoms with van der Waals surface area (Å²) in [6, 6.07) is -0.160. The van der Waals surface area contributed by atoms with Crippen molar-refractivity contribution in [3.8, 4) is 0 Å². The van der Waals surface area contributed by atoms with E-state index >= 15 is 0 Å². The van der Waals surface area contributed by atoms with Crippen LogP contribution in [0.4, 0.5) is 0 Å². The van der Waals surface area contributed by atoms with Crippen LogP contribution in [0.2, 0.25) is 0 Å². The maximum atomic E-state index is 11.6. The van der Waals surface area contributed by atoms with Crippen molar-refractivity contribution in [1.82, 2.24) is 5.32 Å². The van der Waals surface area contributed by atoms with Crippen molar-refractivity contribution in [2.45, 2.75) is 25.1 Å². The largest absolute Gasteiger partial charge is 0.312 e. The summed E-state index contributed by atoms with van der Waals surface area (Å²) in [6.07, 6.45) is 0. The molecule has 84 valence electrons. The van der Waals surface area contributed by atoms with Gasteiger partial charge in [0.25, 0.3) is 0 Å². The fourth-order valence-corrected chi connectivity index (χ4v) is 4.33. The average molecular weight is 244 g/mol. The predicted molar refractivity (Wildman–Crippen MR) is 67.8 cm³/mol. The van der Waals surface area contributed by atoms with Gasteiger partial charge in [-0.1, -0.05) is 13.8 Å². The van der Waals surface area contributed by atoms with Gasteiger partial charge in [-0.3, -0.25) is 9.79 Å². The Bertz CT molecular complexity index is 285. The van der Waals surface area contributed by atoms with Gasteiger partial charge in [0.05, 0.1) is 5.25 Å². The highest BCUT2D eigenvalue weighted by Gasteiger charge is 2.33. The highest BCUT2D eigenvalue weighted by molar-refractivity contribution is 8.07. The summed E-state index contributed by atoms with van der Waals surface area (Å²) in [7, 11) is 0. The topological polar surface area (TPSA) is 41.5 Å². The van der Waals surface area contributed by atoms with Crippen molar-refractivity contribution >= 4 is 35.3 Å². The first-order chi connectivity index (χ1) is 7.18. The maximum absolute atomic E-state index is 11.6. The van der Waals surface area contributed by atoms with Crippen molar-refractivity contribution in [1.29, 1.82) is 0 Å². The summed E-state index contributed by atoms with van der Waals surface area (Å²) in [5.41, 5.74) is 0. The predicted octanol–water partition coefficient (Wildman–Crippen LogP) is 1.39. The van der Waals surface area contributed by atoms with Gasteiger partial charge in [0.2, 0.25) is 5.91 Å². The van der Waals surface area contributed by atoms with Crippen LogP contribution in [0.3, 0.4) is 0 Å². The smallest absolute Gasteiger partial charge is 0.250 e. The molecule has 2 rings (SSSR count). The van der Waals surface area contributed by atoms with Gasteiger partial charge in [-0.2, -0.15) is 11.8 Å². The second kappa shape index (κ2) is 4.78. The lowest BCUT2D eigenvalue weighted by molar-refractivity contribution is -0.120. The first-order valence-corrected chi connectivity index (χ1v) is 7.46. The number of hydrogen-bond donors (Lipinski definition) is 1. The number of carbonyl (C=O) groups is 1. The van der Waals surface area contributed by atoms with Gasteiger partial charge in [-0.15, -0.1) is 11.8 Å². The van der Waals surface area contributed by atoms with Gasteiger partial charge in [0.15, 0.2) is 0 Å². The van der Waals surface area contributed by atoms with Gasteiger partial charge in [0.1, 0.15) is 11.9 Å². The molecular weight excluding hydrogens is 228 g/mol. The molecule has 0 saturated carbocycles. The highest BCUT2D eigenvalue weighted by Crippen LogP contribution is 2.26. The van der Waals surface area contributed by atoms with Crippen molar-refractivity contribution in [3.63, 3.8) is 0 Å². The Balaban J connectivity index is 2.04. The molecule has 0 aromatic rings. The molecule has 15 heavy (non-hydrogen) atoms. The third-order valence-electron chi connectivity index (χ3n) is 2.55. The molecule has 0 bridgehead atoms. The second-order valence-corrected chi connectivity index (χ2v) is 6.59. The first kappa shape index (κ1) is 11.3. The lowest BCUT2D eigenvalue weighted by Crippen LogP contribution is -2.37. The highest BCUT2D eigenvalue weighted by atomic mass is 32.2. The number of carbonyl (C=O) groups excluding carboxylic acids is 1. The number of rotatable bonds is 2. The Morgan fingerprint density at radius 1 is 1.47 bits per heavy atom. The van der Waals surface area contributed by atoms with Crippen LogP contribution in [0.5, 0.6) is 0 Å². The molecule has 2 unspecified atom stereocenters. The van der Waals surface area contributed by atoms with E-state index in [1.165, 1.54) is 5.75 Å². The minimum absolute atomic E-state index is 0.0798. The lowest BCUT2D eigenvalue weighted by atomic mass is 10.1. The molecule has 2 heterocycles. The van der Waals surface area contributed by atoms with Crippen molar-refractivity contribution in [2.75, 3.05) is 17.3 Å². The van der Waals surface area contributed by atoms with E-state index in [1.54, 1.807) is 0 Å². The fourth-order valence-electron chi connectivity index (χ4n) is 1.70. The molecule has 2 atom stereocenters. The first-order valence-electron chi connectivity index (χ1n) is 5.26. The molecule has 3 nitrogen and oxygen atoms in total. The number of hydrogen-bond acceptors (Lipinski definition) is 4. The molecule has 2 aliphatic rings. The number of amides is 1. The molecule has 0 radical (unpaired) electrons. The quantitative estimate of drug-likeness (QED) is 0.798. The van der Waals surface area contributed by atoms with E-state index in [1.807, 2.05) is 37.4 Å². The van der Waals surface area contributed by atoms with Crippen molar-refractivity contribution in [3.05, 3.63) is 0 Å². The van der Waals surface area contributed by atoms with Gasteiger partial charge in [-0.25, -0.2) is 0 Å². The number of amidine groups is 1. The van der Waals surface area contributed by atoms with E-state index in [4.69, 9.17) is 0 Å². The Morgan fingerprint density at radius 3 is 2.80 bits per heavy atom. The monoisotopic (exact) mass is 244 g/mol. The molecule has 2 aliphatic heterocycles. The summed E-state index contributed by atoms with van der Waals surface area (Å²) in [5, 5.41) is 3.33. The SMILES string of the molecule is CC(C)C1N=C(C2CSCCS2)NC1=O. The molecule has 0 aliphatic carbocycles. The van der Waals surface area contributed by atoms with Crippen molar-refractivity contribution in [2.24, 2.45) is 10.9 Å². The van der Waals surface area contributed by atoms with Crippen molar-refractivity contribution < 1.29 is 4.79 Å². The molecule has 1 amide bonds.